The molecule has 1 heterocycles. The monoisotopic (exact) mass is 843 g/mol. The number of thiophene rings is 1. The Morgan fingerprint density at radius 2 is 0.877 bits per heavy atom. The Labute approximate surface area is 382 Å². The fraction of sp³-hybridized carbons (Fsp3) is 0.0159. The summed E-state index contributed by atoms with van der Waals surface area (Å²) in [5.41, 5.74) is 15.1. The highest BCUT2D eigenvalue weighted by Crippen LogP contribution is 2.58. The van der Waals surface area contributed by atoms with Gasteiger partial charge >= 0.3 is 0 Å². The SMILES string of the molecule is c1ccc(-c2ccc(-c3cc4ccccc4c4ccccc34)cc2N(c2ccc3c(c2)C(c2ccccc2)(c2ccccc2)c2ccccc2-3)c2ccc3c(c2)sc2ccccc23)cc1. The predicted molar refractivity (Wildman–Crippen MR) is 277 cm³/mol. The van der Waals surface area contributed by atoms with Crippen molar-refractivity contribution in [3.8, 4) is 33.4 Å². The van der Waals surface area contributed by atoms with Crippen molar-refractivity contribution in [1.82, 2.24) is 0 Å². The first-order valence-electron chi connectivity index (χ1n) is 22.4. The Morgan fingerprint density at radius 3 is 1.66 bits per heavy atom. The topological polar surface area (TPSA) is 3.24 Å². The van der Waals surface area contributed by atoms with Crippen LogP contribution in [0.1, 0.15) is 22.3 Å². The van der Waals surface area contributed by atoms with Crippen LogP contribution in [0.25, 0.3) is 75.1 Å². The van der Waals surface area contributed by atoms with Crippen molar-refractivity contribution in [3.63, 3.8) is 0 Å². The third-order valence-corrected chi connectivity index (χ3v) is 14.9. The lowest BCUT2D eigenvalue weighted by Crippen LogP contribution is -2.28. The van der Waals surface area contributed by atoms with Crippen LogP contribution in [0.2, 0.25) is 0 Å². The van der Waals surface area contributed by atoms with Gasteiger partial charge in [0.15, 0.2) is 0 Å². The van der Waals surface area contributed by atoms with E-state index in [9.17, 15) is 0 Å². The van der Waals surface area contributed by atoms with Crippen LogP contribution in [0, 0.1) is 0 Å². The zero-order valence-corrected chi connectivity index (χ0v) is 36.3. The highest BCUT2D eigenvalue weighted by molar-refractivity contribution is 7.25. The molecule has 1 aliphatic rings. The molecule has 12 aromatic rings. The number of fused-ring (bicyclic) bond motifs is 9. The smallest absolute Gasteiger partial charge is 0.0714 e. The lowest BCUT2D eigenvalue weighted by atomic mass is 9.67. The van der Waals surface area contributed by atoms with E-state index in [0.29, 0.717) is 0 Å². The van der Waals surface area contributed by atoms with Crippen LogP contribution in [-0.4, -0.2) is 0 Å². The first-order chi connectivity index (χ1) is 32.2. The van der Waals surface area contributed by atoms with Crippen molar-refractivity contribution < 1.29 is 0 Å². The average Bonchev–Trinajstić information content (AvgIpc) is 3.90. The largest absolute Gasteiger partial charge is 0.310 e. The molecule has 0 saturated heterocycles. The van der Waals surface area contributed by atoms with E-state index in [1.807, 2.05) is 11.3 Å². The van der Waals surface area contributed by atoms with Gasteiger partial charge in [0, 0.05) is 37.1 Å². The van der Waals surface area contributed by atoms with E-state index >= 15 is 0 Å². The molecule has 0 unspecified atom stereocenters. The van der Waals surface area contributed by atoms with E-state index in [1.54, 1.807) is 0 Å². The molecule has 0 N–H and O–H groups in total. The molecule has 304 valence electrons. The molecule has 13 rings (SSSR count). The molecular formula is C63H41NS. The van der Waals surface area contributed by atoms with Crippen molar-refractivity contribution in [2.75, 3.05) is 4.90 Å². The minimum atomic E-state index is -0.542. The fourth-order valence-electron chi connectivity index (χ4n) is 10.9. The zero-order chi connectivity index (χ0) is 42.9. The molecule has 0 bridgehead atoms. The second-order valence-corrected chi connectivity index (χ2v) is 18.2. The molecular weight excluding hydrogens is 803 g/mol. The van der Waals surface area contributed by atoms with Crippen LogP contribution < -0.4 is 4.90 Å². The van der Waals surface area contributed by atoms with E-state index in [1.165, 1.54) is 91.8 Å². The second-order valence-electron chi connectivity index (χ2n) is 17.2. The number of hydrogen-bond acceptors (Lipinski definition) is 2. The lowest BCUT2D eigenvalue weighted by Gasteiger charge is -2.35. The molecule has 1 aromatic heterocycles. The highest BCUT2D eigenvalue weighted by atomic mass is 32.1. The third-order valence-electron chi connectivity index (χ3n) is 13.7. The number of nitrogens with zero attached hydrogens (tertiary/aromatic N) is 1. The van der Waals surface area contributed by atoms with E-state index < -0.39 is 5.41 Å². The predicted octanol–water partition coefficient (Wildman–Crippen LogP) is 17.5. The number of benzene rings is 11. The molecule has 0 fully saturated rings. The van der Waals surface area contributed by atoms with Crippen LogP contribution in [0.4, 0.5) is 17.1 Å². The molecule has 11 aromatic carbocycles. The van der Waals surface area contributed by atoms with Gasteiger partial charge in [-0.2, -0.15) is 0 Å². The number of anilines is 3. The van der Waals surface area contributed by atoms with Crippen LogP contribution in [0.3, 0.4) is 0 Å². The number of rotatable bonds is 7. The lowest BCUT2D eigenvalue weighted by molar-refractivity contribution is 0.768. The maximum absolute atomic E-state index is 2.53. The Morgan fingerprint density at radius 1 is 0.308 bits per heavy atom. The molecule has 0 atom stereocenters. The Kier molecular flexibility index (Phi) is 8.69. The van der Waals surface area contributed by atoms with Crippen LogP contribution >= 0.6 is 11.3 Å². The summed E-state index contributed by atoms with van der Waals surface area (Å²) in [4.78, 5) is 2.53. The van der Waals surface area contributed by atoms with Crippen LogP contribution in [0.5, 0.6) is 0 Å². The normalized spacial score (nSPS) is 12.7. The van der Waals surface area contributed by atoms with Crippen molar-refractivity contribution in [2.45, 2.75) is 5.41 Å². The van der Waals surface area contributed by atoms with Crippen molar-refractivity contribution in [3.05, 3.63) is 271 Å². The summed E-state index contributed by atoms with van der Waals surface area (Å²) in [6, 6.07) is 92.4. The van der Waals surface area contributed by atoms with Gasteiger partial charge in [-0.3, -0.25) is 0 Å². The molecule has 0 amide bonds. The summed E-state index contributed by atoms with van der Waals surface area (Å²) >= 11 is 1.87. The maximum Gasteiger partial charge on any atom is 0.0714 e. The van der Waals surface area contributed by atoms with Gasteiger partial charge in [0.25, 0.3) is 0 Å². The van der Waals surface area contributed by atoms with Crippen LogP contribution in [0.15, 0.2) is 249 Å². The average molecular weight is 844 g/mol. The maximum atomic E-state index is 2.53. The van der Waals surface area contributed by atoms with Gasteiger partial charge in [-0.1, -0.05) is 206 Å². The molecule has 1 nitrogen and oxygen atoms in total. The molecule has 2 heteroatoms. The Bertz CT molecular complexity index is 3730. The summed E-state index contributed by atoms with van der Waals surface area (Å²) in [5, 5.41) is 7.59. The second kappa shape index (κ2) is 15.1. The van der Waals surface area contributed by atoms with Gasteiger partial charge in [-0.15, -0.1) is 11.3 Å². The number of hydrogen-bond donors (Lipinski definition) is 0. The summed E-state index contributed by atoms with van der Waals surface area (Å²) in [6.45, 7) is 0. The molecule has 0 aliphatic heterocycles. The van der Waals surface area contributed by atoms with Crippen LogP contribution in [-0.2, 0) is 5.41 Å². The molecule has 0 saturated carbocycles. The zero-order valence-electron chi connectivity index (χ0n) is 35.5. The van der Waals surface area contributed by atoms with E-state index in [4.69, 9.17) is 0 Å². The van der Waals surface area contributed by atoms with Gasteiger partial charge in [0.2, 0.25) is 0 Å². The summed E-state index contributed by atoms with van der Waals surface area (Å²) in [5.74, 6) is 0. The van der Waals surface area contributed by atoms with Gasteiger partial charge in [-0.05, 0) is 114 Å². The van der Waals surface area contributed by atoms with Gasteiger partial charge < -0.3 is 4.90 Å². The Balaban J connectivity index is 1.12. The molecule has 65 heavy (non-hydrogen) atoms. The standard InChI is InChI=1S/C63H41NS/c1-4-18-42(19-5-1)50-35-32-44(57-38-43-20-10-11-25-49(43)51-26-12-13-27-52(51)57)39-60(50)64(48-34-37-56-55-29-15-17-31-61(55)65-62(56)41-48)47-33-36-54-53-28-14-16-30-58(53)63(59(54)40-47,45-21-6-2-7-22-45)46-23-8-3-9-24-46/h1-41H. The quantitative estimate of drug-likeness (QED) is 0.145. The first-order valence-corrected chi connectivity index (χ1v) is 23.2. The van der Waals surface area contributed by atoms with E-state index in [-0.39, 0.29) is 0 Å². The summed E-state index contributed by atoms with van der Waals surface area (Å²) < 4.78 is 2.57. The molecule has 0 radical (unpaired) electrons. The Hall–Kier alpha value is -8.04. The van der Waals surface area contributed by atoms with Crippen molar-refractivity contribution in [1.29, 1.82) is 0 Å². The minimum Gasteiger partial charge on any atom is -0.310 e. The molecule has 1 aliphatic carbocycles. The summed E-state index contributed by atoms with van der Waals surface area (Å²) in [7, 11) is 0. The summed E-state index contributed by atoms with van der Waals surface area (Å²) in [6.07, 6.45) is 0. The fourth-order valence-corrected chi connectivity index (χ4v) is 12.0. The van der Waals surface area contributed by atoms with Gasteiger partial charge in [0.05, 0.1) is 11.1 Å². The first kappa shape index (κ1) is 37.5. The minimum absolute atomic E-state index is 0.542. The van der Waals surface area contributed by atoms with E-state index in [2.05, 4.69) is 254 Å². The van der Waals surface area contributed by atoms with E-state index in [0.717, 1.165) is 22.6 Å². The van der Waals surface area contributed by atoms with Crippen molar-refractivity contribution in [2.24, 2.45) is 0 Å². The third kappa shape index (κ3) is 5.85. The van der Waals surface area contributed by atoms with Gasteiger partial charge in [0.1, 0.15) is 0 Å². The highest BCUT2D eigenvalue weighted by Gasteiger charge is 2.46. The van der Waals surface area contributed by atoms with Gasteiger partial charge in [-0.25, -0.2) is 0 Å². The molecule has 0 spiro atoms. The van der Waals surface area contributed by atoms with Crippen molar-refractivity contribution >= 4 is 70.1 Å².